The lowest BCUT2D eigenvalue weighted by Gasteiger charge is -2.29. The van der Waals surface area contributed by atoms with E-state index in [-0.39, 0.29) is 6.04 Å². The van der Waals surface area contributed by atoms with Gasteiger partial charge in [-0.25, -0.2) is 0 Å². The van der Waals surface area contributed by atoms with Crippen molar-refractivity contribution in [3.63, 3.8) is 0 Å². The zero-order chi connectivity index (χ0) is 15.2. The molecular weight excluding hydrogens is 244 g/mol. The number of nitrogens with two attached hydrogens (primary N) is 1. The van der Waals surface area contributed by atoms with Gasteiger partial charge in [0.25, 0.3) is 0 Å². The summed E-state index contributed by atoms with van der Waals surface area (Å²) < 4.78 is 0. The van der Waals surface area contributed by atoms with Gasteiger partial charge in [-0.05, 0) is 45.6 Å². The van der Waals surface area contributed by atoms with Crippen molar-refractivity contribution in [3.05, 3.63) is 60.3 Å². The molecule has 0 radical (unpaired) electrons. The first-order chi connectivity index (χ1) is 9.30. The third kappa shape index (κ3) is 5.62. The highest BCUT2D eigenvalue weighted by Crippen LogP contribution is 2.15. The summed E-state index contributed by atoms with van der Waals surface area (Å²) in [5, 5.41) is 3.42. The standard InChI is InChI=1S/C18H28N2/c1-14(2)17(20-15(3)18(4,5)19)13-9-12-16-10-7-6-8-11-16/h6-8,10-11,17,20H,1,3,9,12-13,19H2,2,4-5H3. The minimum atomic E-state index is -0.410. The van der Waals surface area contributed by atoms with Gasteiger partial charge in [-0.2, -0.15) is 0 Å². The number of nitrogens with one attached hydrogen (secondary N) is 1. The molecule has 3 N–H and O–H groups in total. The van der Waals surface area contributed by atoms with E-state index in [1.165, 1.54) is 5.56 Å². The lowest BCUT2D eigenvalue weighted by Crippen LogP contribution is -2.44. The molecular formula is C18H28N2. The minimum Gasteiger partial charge on any atom is -0.381 e. The zero-order valence-electron chi connectivity index (χ0n) is 13.1. The first kappa shape index (κ1) is 16.5. The molecule has 0 aliphatic heterocycles. The normalized spacial score (nSPS) is 12.8. The molecule has 1 unspecified atom stereocenters. The smallest absolute Gasteiger partial charge is 0.0495 e. The predicted molar refractivity (Wildman–Crippen MR) is 88.5 cm³/mol. The van der Waals surface area contributed by atoms with E-state index in [4.69, 9.17) is 5.73 Å². The highest BCUT2D eigenvalue weighted by atomic mass is 15.0. The van der Waals surface area contributed by atoms with E-state index in [2.05, 4.69) is 55.7 Å². The molecule has 2 nitrogen and oxygen atoms in total. The summed E-state index contributed by atoms with van der Waals surface area (Å²) in [6.07, 6.45) is 3.25. The van der Waals surface area contributed by atoms with Gasteiger partial charge < -0.3 is 11.1 Å². The molecule has 1 aromatic rings. The van der Waals surface area contributed by atoms with Crippen molar-refractivity contribution in [2.24, 2.45) is 5.73 Å². The molecule has 0 bridgehead atoms. The lowest BCUT2D eigenvalue weighted by molar-refractivity contribution is 0.492. The van der Waals surface area contributed by atoms with Crippen LogP contribution in [0.1, 0.15) is 39.2 Å². The van der Waals surface area contributed by atoms with E-state index in [9.17, 15) is 0 Å². The van der Waals surface area contributed by atoms with Crippen LogP contribution in [0.3, 0.4) is 0 Å². The third-order valence-corrected chi connectivity index (χ3v) is 3.52. The summed E-state index contributed by atoms with van der Waals surface area (Å²) in [4.78, 5) is 0. The van der Waals surface area contributed by atoms with E-state index >= 15 is 0 Å². The largest absolute Gasteiger partial charge is 0.381 e. The fourth-order valence-corrected chi connectivity index (χ4v) is 1.99. The Morgan fingerprint density at radius 2 is 1.85 bits per heavy atom. The molecule has 1 rings (SSSR count). The van der Waals surface area contributed by atoms with Gasteiger partial charge in [0.1, 0.15) is 0 Å². The average molecular weight is 272 g/mol. The Kier molecular flexibility index (Phi) is 6.03. The minimum absolute atomic E-state index is 0.244. The van der Waals surface area contributed by atoms with Crippen LogP contribution >= 0.6 is 0 Å². The van der Waals surface area contributed by atoms with Gasteiger partial charge in [-0.1, -0.05) is 49.1 Å². The van der Waals surface area contributed by atoms with Gasteiger partial charge >= 0.3 is 0 Å². The van der Waals surface area contributed by atoms with E-state index in [1.54, 1.807) is 0 Å². The van der Waals surface area contributed by atoms with Crippen LogP contribution in [0.5, 0.6) is 0 Å². The molecule has 20 heavy (non-hydrogen) atoms. The summed E-state index contributed by atoms with van der Waals surface area (Å²) in [5.74, 6) is 0. The molecule has 0 saturated carbocycles. The van der Waals surface area contributed by atoms with Crippen LogP contribution in [0.15, 0.2) is 54.8 Å². The van der Waals surface area contributed by atoms with Crippen LogP contribution in [-0.2, 0) is 6.42 Å². The number of hydrogen-bond donors (Lipinski definition) is 2. The molecule has 0 fully saturated rings. The Hall–Kier alpha value is -1.54. The molecule has 0 aliphatic rings. The van der Waals surface area contributed by atoms with E-state index in [0.717, 1.165) is 30.5 Å². The maximum Gasteiger partial charge on any atom is 0.0495 e. The zero-order valence-corrected chi connectivity index (χ0v) is 13.1. The monoisotopic (exact) mass is 272 g/mol. The fourth-order valence-electron chi connectivity index (χ4n) is 1.99. The highest BCUT2D eigenvalue weighted by molar-refractivity contribution is 5.16. The molecule has 0 aromatic heterocycles. The number of aryl methyl sites for hydroxylation is 1. The van der Waals surface area contributed by atoms with E-state index in [1.807, 2.05) is 13.8 Å². The first-order valence-electron chi connectivity index (χ1n) is 7.25. The lowest BCUT2D eigenvalue weighted by atomic mass is 9.97. The molecule has 1 aromatic carbocycles. The van der Waals surface area contributed by atoms with Crippen molar-refractivity contribution in [1.82, 2.24) is 5.32 Å². The maximum atomic E-state index is 6.06. The van der Waals surface area contributed by atoms with E-state index in [0.29, 0.717) is 0 Å². The van der Waals surface area contributed by atoms with Crippen LogP contribution in [0.2, 0.25) is 0 Å². The Morgan fingerprint density at radius 3 is 2.35 bits per heavy atom. The van der Waals surface area contributed by atoms with Crippen LogP contribution in [-0.4, -0.2) is 11.6 Å². The Labute approximate surface area is 123 Å². The van der Waals surface area contributed by atoms with E-state index < -0.39 is 5.54 Å². The van der Waals surface area contributed by atoms with Gasteiger partial charge in [0.15, 0.2) is 0 Å². The van der Waals surface area contributed by atoms with Gasteiger partial charge in [-0.3, -0.25) is 0 Å². The maximum absolute atomic E-state index is 6.06. The number of rotatable bonds is 8. The molecule has 0 heterocycles. The van der Waals surface area contributed by atoms with Crippen LogP contribution in [0.4, 0.5) is 0 Å². The van der Waals surface area contributed by atoms with Crippen molar-refractivity contribution in [2.45, 2.75) is 51.6 Å². The second kappa shape index (κ2) is 7.30. The van der Waals surface area contributed by atoms with Gasteiger partial charge in [0.05, 0.1) is 0 Å². The average Bonchev–Trinajstić information content (AvgIpc) is 2.37. The Balaban J connectivity index is 2.48. The molecule has 2 heteroatoms. The number of hydrogen-bond acceptors (Lipinski definition) is 2. The number of benzene rings is 1. The van der Waals surface area contributed by atoms with Crippen molar-refractivity contribution >= 4 is 0 Å². The van der Waals surface area contributed by atoms with Crippen molar-refractivity contribution < 1.29 is 0 Å². The highest BCUT2D eigenvalue weighted by Gasteiger charge is 2.19. The quantitative estimate of drug-likeness (QED) is 0.707. The molecule has 0 aliphatic carbocycles. The van der Waals surface area contributed by atoms with Crippen LogP contribution in [0.25, 0.3) is 0 Å². The molecule has 1 atom stereocenters. The summed E-state index contributed by atoms with van der Waals surface area (Å²) >= 11 is 0. The summed E-state index contributed by atoms with van der Waals surface area (Å²) in [5.41, 5.74) is 9.02. The molecule has 0 saturated heterocycles. The SMILES string of the molecule is C=C(C)C(CCCc1ccccc1)NC(=C)C(C)(C)N. The van der Waals surface area contributed by atoms with Crippen LogP contribution < -0.4 is 11.1 Å². The molecule has 110 valence electrons. The first-order valence-corrected chi connectivity index (χ1v) is 7.25. The second-order valence-corrected chi connectivity index (χ2v) is 6.12. The predicted octanol–water partition coefficient (Wildman–Crippen LogP) is 3.79. The van der Waals surface area contributed by atoms with Crippen LogP contribution in [0, 0.1) is 0 Å². The second-order valence-electron chi connectivity index (χ2n) is 6.12. The molecule has 0 amide bonds. The van der Waals surface area contributed by atoms with Crippen molar-refractivity contribution in [3.8, 4) is 0 Å². The van der Waals surface area contributed by atoms with Gasteiger partial charge in [0, 0.05) is 17.3 Å². The van der Waals surface area contributed by atoms with Crippen molar-refractivity contribution in [1.29, 1.82) is 0 Å². The summed E-state index contributed by atoms with van der Waals surface area (Å²) in [6.45, 7) is 14.1. The Morgan fingerprint density at radius 1 is 1.25 bits per heavy atom. The third-order valence-electron chi connectivity index (χ3n) is 3.52. The van der Waals surface area contributed by atoms with Gasteiger partial charge in [-0.15, -0.1) is 0 Å². The topological polar surface area (TPSA) is 38.0 Å². The summed E-state index contributed by atoms with van der Waals surface area (Å²) in [7, 11) is 0. The van der Waals surface area contributed by atoms with Gasteiger partial charge in [0.2, 0.25) is 0 Å². The fraction of sp³-hybridized carbons (Fsp3) is 0.444. The molecule has 0 spiro atoms. The van der Waals surface area contributed by atoms with Crippen molar-refractivity contribution in [2.75, 3.05) is 0 Å². The summed E-state index contributed by atoms with van der Waals surface area (Å²) in [6, 6.07) is 10.8. The Bertz CT molecular complexity index is 440.